The normalized spacial score (nSPS) is 16.8. The highest BCUT2D eigenvalue weighted by molar-refractivity contribution is 6.31. The van der Waals surface area contributed by atoms with E-state index in [9.17, 15) is 19.4 Å². The Bertz CT molecular complexity index is 470. The van der Waals surface area contributed by atoms with Gasteiger partial charge in [-0.2, -0.15) is 0 Å². The third kappa shape index (κ3) is 1.91. The molecule has 0 aliphatic heterocycles. The molecule has 0 radical (unpaired) electrons. The molecule has 1 saturated carbocycles. The number of phenols is 2. The van der Waals surface area contributed by atoms with E-state index in [1.165, 1.54) is 0 Å². The molecule has 0 amide bonds. The van der Waals surface area contributed by atoms with E-state index < -0.39 is 28.7 Å². The van der Waals surface area contributed by atoms with Crippen molar-refractivity contribution < 1.29 is 24.5 Å². The van der Waals surface area contributed by atoms with Crippen LogP contribution in [0.2, 0.25) is 5.02 Å². The van der Waals surface area contributed by atoms with Crippen molar-refractivity contribution in [2.45, 2.75) is 24.7 Å². The van der Waals surface area contributed by atoms with E-state index in [0.717, 1.165) is 6.07 Å². The monoisotopic (exact) mass is 260 g/mol. The van der Waals surface area contributed by atoms with Crippen LogP contribution in [-0.2, 0) is 10.2 Å². The third-order valence-corrected chi connectivity index (χ3v) is 3.32. The first-order valence-electron chi connectivity index (χ1n) is 4.99. The van der Waals surface area contributed by atoms with Gasteiger partial charge in [-0.05, 0) is 12.8 Å². The van der Waals surface area contributed by atoms with Crippen molar-refractivity contribution in [2.75, 3.05) is 0 Å². The maximum atomic E-state index is 13.8. The van der Waals surface area contributed by atoms with Crippen LogP contribution in [0.25, 0.3) is 0 Å². The minimum atomic E-state index is -1.08. The first kappa shape index (κ1) is 12.0. The van der Waals surface area contributed by atoms with E-state index >= 15 is 0 Å². The van der Waals surface area contributed by atoms with E-state index in [4.69, 9.17) is 16.7 Å². The van der Waals surface area contributed by atoms with Crippen molar-refractivity contribution >= 4 is 17.6 Å². The van der Waals surface area contributed by atoms with E-state index in [0.29, 0.717) is 12.8 Å². The van der Waals surface area contributed by atoms with Gasteiger partial charge >= 0.3 is 5.97 Å². The van der Waals surface area contributed by atoms with Crippen molar-refractivity contribution in [2.24, 2.45) is 0 Å². The number of benzene rings is 1. The van der Waals surface area contributed by atoms with E-state index in [1.54, 1.807) is 0 Å². The fourth-order valence-electron chi connectivity index (χ4n) is 2.04. The minimum Gasteiger partial charge on any atom is -0.504 e. The van der Waals surface area contributed by atoms with Crippen LogP contribution in [0, 0.1) is 5.82 Å². The van der Waals surface area contributed by atoms with Gasteiger partial charge in [-0.1, -0.05) is 11.6 Å². The second-order valence-electron chi connectivity index (χ2n) is 4.27. The van der Waals surface area contributed by atoms with E-state index in [1.807, 2.05) is 0 Å². The fourth-order valence-corrected chi connectivity index (χ4v) is 2.24. The average molecular weight is 261 g/mol. The molecule has 0 spiro atoms. The molecule has 17 heavy (non-hydrogen) atoms. The van der Waals surface area contributed by atoms with Crippen molar-refractivity contribution in [3.63, 3.8) is 0 Å². The Hall–Kier alpha value is -1.49. The predicted octanol–water partition coefficient (Wildman–Crippen LogP) is 2.40. The van der Waals surface area contributed by atoms with Crippen LogP contribution < -0.4 is 0 Å². The van der Waals surface area contributed by atoms with Gasteiger partial charge in [-0.3, -0.25) is 4.79 Å². The van der Waals surface area contributed by atoms with Crippen LogP contribution in [0.3, 0.4) is 0 Å². The largest absolute Gasteiger partial charge is 0.504 e. The molecule has 0 unspecified atom stereocenters. The number of carbonyl (C=O) groups is 1. The van der Waals surface area contributed by atoms with Gasteiger partial charge in [0.1, 0.15) is 5.82 Å². The van der Waals surface area contributed by atoms with Gasteiger partial charge in [0.15, 0.2) is 11.5 Å². The molecular formula is C11H10ClFO4. The summed E-state index contributed by atoms with van der Waals surface area (Å²) in [4.78, 5) is 10.7. The fraction of sp³-hybridized carbons (Fsp3) is 0.364. The van der Waals surface area contributed by atoms with Crippen LogP contribution >= 0.6 is 11.6 Å². The standard InChI is InChI=1S/C11H10ClFO4/c12-5-3-6(14)10(17)8(9(5)13)11(1-2-11)4-7(15)16/h3,14,17H,1-2,4H2,(H,15,16). The summed E-state index contributed by atoms with van der Waals surface area (Å²) in [6.07, 6.45) is 0.602. The number of carboxylic acid groups (broad SMARTS) is 1. The average Bonchev–Trinajstić information content (AvgIpc) is 2.95. The van der Waals surface area contributed by atoms with Crippen LogP contribution in [0.5, 0.6) is 11.5 Å². The third-order valence-electron chi connectivity index (χ3n) is 3.05. The van der Waals surface area contributed by atoms with Gasteiger partial charge in [0.05, 0.1) is 11.4 Å². The molecule has 1 aliphatic carbocycles. The Morgan fingerprint density at radius 3 is 2.53 bits per heavy atom. The molecular weight excluding hydrogens is 251 g/mol. The molecule has 0 aromatic heterocycles. The van der Waals surface area contributed by atoms with Gasteiger partial charge in [-0.25, -0.2) is 4.39 Å². The zero-order chi connectivity index (χ0) is 12.8. The summed E-state index contributed by atoms with van der Waals surface area (Å²) in [7, 11) is 0. The van der Waals surface area contributed by atoms with E-state index in [2.05, 4.69) is 0 Å². The molecule has 0 heterocycles. The molecule has 1 aliphatic rings. The zero-order valence-electron chi connectivity index (χ0n) is 8.70. The number of aliphatic carboxylic acids is 1. The zero-order valence-corrected chi connectivity index (χ0v) is 9.46. The molecule has 3 N–H and O–H groups in total. The molecule has 2 rings (SSSR count). The number of carboxylic acids is 1. The number of hydrogen-bond acceptors (Lipinski definition) is 3. The quantitative estimate of drug-likeness (QED) is 0.729. The number of aromatic hydroxyl groups is 2. The number of rotatable bonds is 3. The highest BCUT2D eigenvalue weighted by Gasteiger charge is 2.50. The molecule has 1 fully saturated rings. The summed E-state index contributed by atoms with van der Waals surface area (Å²) >= 11 is 5.57. The Labute approximate surface area is 101 Å². The molecule has 1 aromatic rings. The van der Waals surface area contributed by atoms with E-state index in [-0.39, 0.29) is 17.0 Å². The smallest absolute Gasteiger partial charge is 0.304 e. The highest BCUT2D eigenvalue weighted by atomic mass is 35.5. The molecule has 1 aromatic carbocycles. The van der Waals surface area contributed by atoms with Gasteiger partial charge in [0, 0.05) is 17.0 Å². The number of hydrogen-bond donors (Lipinski definition) is 3. The van der Waals surface area contributed by atoms with Gasteiger partial charge in [0.25, 0.3) is 0 Å². The Balaban J connectivity index is 2.55. The van der Waals surface area contributed by atoms with Crippen molar-refractivity contribution in [1.29, 1.82) is 0 Å². The van der Waals surface area contributed by atoms with Crippen molar-refractivity contribution in [3.05, 3.63) is 22.5 Å². The lowest BCUT2D eigenvalue weighted by Crippen LogP contribution is -2.15. The predicted molar refractivity (Wildman–Crippen MR) is 57.9 cm³/mol. The lowest BCUT2D eigenvalue weighted by molar-refractivity contribution is -0.137. The molecule has 92 valence electrons. The molecule has 6 heteroatoms. The van der Waals surface area contributed by atoms with Crippen LogP contribution in [0.1, 0.15) is 24.8 Å². The maximum absolute atomic E-state index is 13.8. The summed E-state index contributed by atoms with van der Waals surface area (Å²) in [6.45, 7) is 0. The number of phenolic OH excluding ortho intramolecular Hbond substituents is 2. The van der Waals surface area contributed by atoms with Crippen LogP contribution in [0.4, 0.5) is 4.39 Å². The molecule has 0 saturated heterocycles. The summed E-state index contributed by atoms with van der Waals surface area (Å²) in [5.74, 6) is -3.10. The summed E-state index contributed by atoms with van der Waals surface area (Å²) in [6, 6.07) is 0.895. The van der Waals surface area contributed by atoms with Crippen molar-refractivity contribution in [1.82, 2.24) is 0 Å². The van der Waals surface area contributed by atoms with Gasteiger partial charge in [-0.15, -0.1) is 0 Å². The Morgan fingerprint density at radius 2 is 2.06 bits per heavy atom. The lowest BCUT2D eigenvalue weighted by Gasteiger charge is -2.17. The topological polar surface area (TPSA) is 77.8 Å². The first-order chi connectivity index (χ1) is 7.87. The second kappa shape index (κ2) is 3.77. The summed E-state index contributed by atoms with van der Waals surface area (Å²) < 4.78 is 13.8. The lowest BCUT2D eigenvalue weighted by atomic mass is 9.90. The highest BCUT2D eigenvalue weighted by Crippen LogP contribution is 2.56. The summed E-state index contributed by atoms with van der Waals surface area (Å²) in [5, 5.41) is 27.5. The molecule has 4 nitrogen and oxygen atoms in total. The minimum absolute atomic E-state index is 0.190. The second-order valence-corrected chi connectivity index (χ2v) is 4.67. The van der Waals surface area contributed by atoms with Gasteiger partial charge < -0.3 is 15.3 Å². The number of halogens is 2. The first-order valence-corrected chi connectivity index (χ1v) is 5.37. The Morgan fingerprint density at radius 1 is 1.47 bits per heavy atom. The molecule has 0 atom stereocenters. The van der Waals surface area contributed by atoms with Crippen LogP contribution in [0.15, 0.2) is 6.07 Å². The summed E-state index contributed by atoms with van der Waals surface area (Å²) in [5.41, 5.74) is -1.13. The van der Waals surface area contributed by atoms with Crippen LogP contribution in [-0.4, -0.2) is 21.3 Å². The van der Waals surface area contributed by atoms with Crippen molar-refractivity contribution in [3.8, 4) is 11.5 Å². The van der Waals surface area contributed by atoms with Gasteiger partial charge in [0.2, 0.25) is 0 Å². The maximum Gasteiger partial charge on any atom is 0.304 e. The molecule has 0 bridgehead atoms. The Kier molecular flexibility index (Phi) is 2.66. The SMILES string of the molecule is O=C(O)CC1(c2c(O)c(O)cc(Cl)c2F)CC1.